The van der Waals surface area contributed by atoms with Crippen LogP contribution in [0, 0.1) is 29.5 Å². The third-order valence-corrected chi connectivity index (χ3v) is 11.4. The summed E-state index contributed by atoms with van der Waals surface area (Å²) in [6.45, 7) is 3.78. The van der Waals surface area contributed by atoms with Gasteiger partial charge in [-0.1, -0.05) is 66.2 Å². The molecule has 0 radical (unpaired) electrons. The maximum absolute atomic E-state index is 15.2. The van der Waals surface area contributed by atoms with Crippen molar-refractivity contribution >= 4 is 52.7 Å². The fourth-order valence-corrected chi connectivity index (χ4v) is 9.03. The number of benzene rings is 4. The summed E-state index contributed by atoms with van der Waals surface area (Å²) in [4.78, 5) is 59.7. The number of anilines is 2. The summed E-state index contributed by atoms with van der Waals surface area (Å²) in [7, 11) is 1.47. The van der Waals surface area contributed by atoms with Gasteiger partial charge in [-0.2, -0.15) is 5.01 Å². The van der Waals surface area contributed by atoms with Crippen molar-refractivity contribution in [3.8, 4) is 11.5 Å². The van der Waals surface area contributed by atoms with E-state index in [1.54, 1.807) is 66.7 Å². The highest BCUT2D eigenvalue weighted by atomic mass is 35.5. The minimum absolute atomic E-state index is 0.0669. The van der Waals surface area contributed by atoms with Gasteiger partial charge in [0.25, 0.3) is 11.8 Å². The number of carbonyl (C=O) groups is 4. The second kappa shape index (κ2) is 12.5. The van der Waals surface area contributed by atoms with Crippen molar-refractivity contribution in [2.75, 3.05) is 17.4 Å². The number of phenols is 1. The SMILES string of the molecule is C=Cc1ccc(N2C(=O)[C@H]3[C@H](CC=C4[C@H]3C[C@H]3C(=O)N(Nc5ccc(F)cc5)C(=O)[C@@]3(c3ccc(Cl)cc3)[C@H]4c3ccc(OC)cc3O)C2=O)cc1. The number of ether oxygens (including phenoxy) is 1. The van der Waals surface area contributed by atoms with Crippen LogP contribution in [-0.4, -0.2) is 40.9 Å². The van der Waals surface area contributed by atoms with Crippen LogP contribution in [0.4, 0.5) is 15.8 Å². The fourth-order valence-electron chi connectivity index (χ4n) is 8.91. The Kier molecular flexibility index (Phi) is 8.02. The largest absolute Gasteiger partial charge is 0.508 e. The maximum Gasteiger partial charge on any atom is 0.260 e. The highest BCUT2D eigenvalue weighted by Crippen LogP contribution is 2.65. The quantitative estimate of drug-likeness (QED) is 0.156. The molecule has 0 bridgehead atoms. The van der Waals surface area contributed by atoms with E-state index in [1.165, 1.54) is 42.3 Å². The molecular formula is C41H33ClFN3O6. The van der Waals surface area contributed by atoms with Crippen LogP contribution < -0.4 is 15.1 Å². The van der Waals surface area contributed by atoms with E-state index < -0.39 is 52.6 Å². The molecule has 4 aromatic rings. The highest BCUT2D eigenvalue weighted by molar-refractivity contribution is 6.30. The van der Waals surface area contributed by atoms with Crippen LogP contribution in [0.1, 0.15) is 35.4 Å². The van der Waals surface area contributed by atoms with Gasteiger partial charge in [0.15, 0.2) is 0 Å². The molecule has 262 valence electrons. The van der Waals surface area contributed by atoms with Crippen molar-refractivity contribution < 1.29 is 33.4 Å². The molecule has 0 spiro atoms. The van der Waals surface area contributed by atoms with Gasteiger partial charge < -0.3 is 9.84 Å². The Morgan fingerprint density at radius 1 is 0.923 bits per heavy atom. The second-order valence-corrected chi connectivity index (χ2v) is 14.0. The molecule has 8 rings (SSSR count). The van der Waals surface area contributed by atoms with Gasteiger partial charge in [0, 0.05) is 22.6 Å². The number of fused-ring (bicyclic) bond motifs is 4. The third-order valence-electron chi connectivity index (χ3n) is 11.2. The number of halogens is 2. The van der Waals surface area contributed by atoms with E-state index >= 15 is 4.79 Å². The van der Waals surface area contributed by atoms with Crippen molar-refractivity contribution in [1.29, 1.82) is 0 Å². The summed E-state index contributed by atoms with van der Waals surface area (Å²) >= 11 is 6.35. The first-order valence-electron chi connectivity index (χ1n) is 16.9. The molecule has 4 aliphatic rings. The molecule has 3 fully saturated rings. The fraction of sp³-hybridized carbons (Fsp3) is 0.220. The molecule has 0 aromatic heterocycles. The van der Waals surface area contributed by atoms with Crippen LogP contribution in [-0.2, 0) is 24.6 Å². The molecule has 2 aliphatic heterocycles. The lowest BCUT2D eigenvalue weighted by Crippen LogP contribution is -2.53. The number of rotatable bonds is 7. The Morgan fingerprint density at radius 3 is 2.29 bits per heavy atom. The van der Waals surface area contributed by atoms with E-state index in [1.807, 2.05) is 6.08 Å². The minimum Gasteiger partial charge on any atom is -0.508 e. The standard InChI is InChI=1S/C41H33ClFN3O6/c1-3-22-4-14-27(15-5-22)45-37(48)31-19-18-29-32(35(31)39(45)50)21-33-38(49)46(44-26-12-10-25(43)11-13-26)40(51)41(33,23-6-8-24(42)9-7-23)36(29)30-17-16-28(52-2)20-34(30)47/h3-18,20,31-33,35-36,44,47H,1,19,21H2,2H3/t31-,32+,33-,35-,36+,41+/m0/s1. The van der Waals surface area contributed by atoms with Gasteiger partial charge in [0.2, 0.25) is 11.8 Å². The van der Waals surface area contributed by atoms with E-state index in [4.69, 9.17) is 16.3 Å². The van der Waals surface area contributed by atoms with Crippen LogP contribution in [0.3, 0.4) is 0 Å². The number of hydrogen-bond acceptors (Lipinski definition) is 7. The number of hydrogen-bond donors (Lipinski definition) is 2. The van der Waals surface area contributed by atoms with Crippen LogP contribution in [0.2, 0.25) is 5.02 Å². The lowest BCUT2D eigenvalue weighted by atomic mass is 9.49. The first-order chi connectivity index (χ1) is 25.1. The zero-order chi connectivity index (χ0) is 36.5. The van der Waals surface area contributed by atoms with E-state index in [0.717, 1.165) is 10.6 Å². The summed E-state index contributed by atoms with van der Waals surface area (Å²) in [5.74, 6) is -6.27. The Morgan fingerprint density at radius 2 is 1.63 bits per heavy atom. The number of nitrogens with one attached hydrogen (secondary N) is 1. The van der Waals surface area contributed by atoms with Crippen LogP contribution >= 0.6 is 11.6 Å². The van der Waals surface area contributed by atoms with E-state index in [-0.39, 0.29) is 30.4 Å². The Labute approximate surface area is 303 Å². The van der Waals surface area contributed by atoms with Gasteiger partial charge in [-0.15, -0.1) is 0 Å². The number of allylic oxidation sites excluding steroid dienone is 2. The zero-order valence-corrected chi connectivity index (χ0v) is 28.7. The summed E-state index contributed by atoms with van der Waals surface area (Å²) < 4.78 is 19.2. The summed E-state index contributed by atoms with van der Waals surface area (Å²) in [6.07, 6.45) is 3.87. The smallest absolute Gasteiger partial charge is 0.260 e. The number of nitrogens with zero attached hydrogens (tertiary/aromatic N) is 2. The van der Waals surface area contributed by atoms with Crippen molar-refractivity contribution in [2.45, 2.75) is 24.2 Å². The molecule has 4 aromatic carbocycles. The third kappa shape index (κ3) is 4.88. The number of amides is 4. The first kappa shape index (κ1) is 33.4. The van der Waals surface area contributed by atoms with Crippen molar-refractivity contribution in [1.82, 2.24) is 5.01 Å². The number of phenolic OH excluding ortho intramolecular Hbond substituents is 1. The number of imide groups is 2. The second-order valence-electron chi connectivity index (χ2n) is 13.6. The van der Waals surface area contributed by atoms with Crippen LogP contribution in [0.25, 0.3) is 6.08 Å². The Hall–Kier alpha value is -5.74. The molecule has 2 N–H and O–H groups in total. The number of aromatic hydroxyl groups is 1. The topological polar surface area (TPSA) is 116 Å². The van der Waals surface area contributed by atoms with Gasteiger partial charge in [0.05, 0.1) is 41.7 Å². The molecule has 4 amide bonds. The number of methoxy groups -OCH3 is 1. The summed E-state index contributed by atoms with van der Waals surface area (Å²) in [6, 6.07) is 23.8. The van der Waals surface area contributed by atoms with Gasteiger partial charge in [-0.25, -0.2) is 4.39 Å². The molecule has 11 heteroatoms. The summed E-state index contributed by atoms with van der Waals surface area (Å²) in [5, 5.41) is 13.0. The van der Waals surface area contributed by atoms with Crippen molar-refractivity contribution in [3.63, 3.8) is 0 Å². The van der Waals surface area contributed by atoms with Gasteiger partial charge in [0.1, 0.15) is 17.3 Å². The lowest BCUT2D eigenvalue weighted by molar-refractivity contribution is -0.138. The van der Waals surface area contributed by atoms with Gasteiger partial charge in [-0.3, -0.25) is 29.5 Å². The number of carbonyl (C=O) groups excluding carboxylic acids is 4. The first-order valence-corrected chi connectivity index (χ1v) is 17.3. The molecule has 2 aliphatic carbocycles. The van der Waals surface area contributed by atoms with Gasteiger partial charge >= 0.3 is 0 Å². The summed E-state index contributed by atoms with van der Waals surface area (Å²) in [5.41, 5.74) is 4.40. The predicted octanol–water partition coefficient (Wildman–Crippen LogP) is 7.03. The Bertz CT molecular complexity index is 2190. The van der Waals surface area contributed by atoms with Crippen LogP contribution in [0.5, 0.6) is 11.5 Å². The molecular weight excluding hydrogens is 685 g/mol. The Balaban J connectivity index is 1.32. The maximum atomic E-state index is 15.2. The average Bonchev–Trinajstić information content (AvgIpc) is 3.53. The van der Waals surface area contributed by atoms with E-state index in [0.29, 0.717) is 38.8 Å². The minimum atomic E-state index is -1.62. The van der Waals surface area contributed by atoms with Crippen molar-refractivity contribution in [3.05, 3.63) is 137 Å². The number of hydrazine groups is 1. The molecule has 9 nitrogen and oxygen atoms in total. The van der Waals surface area contributed by atoms with Crippen molar-refractivity contribution in [2.24, 2.45) is 23.7 Å². The zero-order valence-electron chi connectivity index (χ0n) is 28.0. The highest BCUT2D eigenvalue weighted by Gasteiger charge is 2.70. The van der Waals surface area contributed by atoms with E-state index in [9.17, 15) is 23.9 Å². The molecule has 2 saturated heterocycles. The monoisotopic (exact) mass is 717 g/mol. The normalized spacial score (nSPS) is 26.4. The molecule has 52 heavy (non-hydrogen) atoms. The van der Waals surface area contributed by atoms with Gasteiger partial charge in [-0.05, 0) is 84.5 Å². The lowest BCUT2D eigenvalue weighted by Gasteiger charge is -2.50. The van der Waals surface area contributed by atoms with Crippen LogP contribution in [0.15, 0.2) is 109 Å². The molecule has 0 unspecified atom stereocenters. The molecule has 1 saturated carbocycles. The van der Waals surface area contributed by atoms with E-state index in [2.05, 4.69) is 12.0 Å². The molecule has 6 atom stereocenters. The average molecular weight is 718 g/mol. The predicted molar refractivity (Wildman–Crippen MR) is 193 cm³/mol. The molecule has 2 heterocycles.